The van der Waals surface area contributed by atoms with Crippen LogP contribution >= 0.6 is 0 Å². The molecule has 1 aromatic carbocycles. The third-order valence-electron chi connectivity index (χ3n) is 4.98. The molecule has 1 aromatic heterocycles. The standard InChI is InChI=1S/C21H23N3O4/c1-14-2-5-17(6-3-14)24-12-16(10-20(24)25)23-21(26)15-4-7-19(22-11-15)28-18-8-9-27-13-18/h2-7,11,16,18H,8-10,12-13H2,1H3,(H,23,26). The molecule has 28 heavy (non-hydrogen) atoms. The van der Waals surface area contributed by atoms with Crippen LogP contribution in [0, 0.1) is 6.92 Å². The van der Waals surface area contributed by atoms with Crippen molar-refractivity contribution in [3.8, 4) is 5.88 Å². The summed E-state index contributed by atoms with van der Waals surface area (Å²) in [6.07, 6.45) is 2.64. The molecule has 2 aliphatic rings. The highest BCUT2D eigenvalue weighted by Gasteiger charge is 2.31. The number of amides is 2. The van der Waals surface area contributed by atoms with Gasteiger partial charge in [-0.05, 0) is 25.1 Å². The predicted molar refractivity (Wildman–Crippen MR) is 103 cm³/mol. The number of anilines is 1. The van der Waals surface area contributed by atoms with Gasteiger partial charge in [0.05, 0.1) is 24.8 Å². The van der Waals surface area contributed by atoms with Crippen LogP contribution in [-0.2, 0) is 9.53 Å². The Hall–Kier alpha value is -2.93. The number of benzene rings is 1. The number of carbonyl (C=O) groups excluding carboxylic acids is 2. The number of nitrogens with zero attached hydrogens (tertiary/aromatic N) is 2. The van der Waals surface area contributed by atoms with Crippen molar-refractivity contribution >= 4 is 17.5 Å². The Labute approximate surface area is 163 Å². The van der Waals surface area contributed by atoms with Crippen molar-refractivity contribution < 1.29 is 19.1 Å². The van der Waals surface area contributed by atoms with Crippen molar-refractivity contribution in [1.29, 1.82) is 0 Å². The smallest absolute Gasteiger partial charge is 0.253 e. The lowest BCUT2D eigenvalue weighted by Gasteiger charge is -2.17. The monoisotopic (exact) mass is 381 g/mol. The normalized spacial score (nSPS) is 21.8. The maximum Gasteiger partial charge on any atom is 0.253 e. The van der Waals surface area contributed by atoms with Gasteiger partial charge in [0.1, 0.15) is 6.10 Å². The highest BCUT2D eigenvalue weighted by molar-refractivity contribution is 5.98. The third kappa shape index (κ3) is 4.14. The number of hydrogen-bond donors (Lipinski definition) is 1. The number of aromatic nitrogens is 1. The number of nitrogens with one attached hydrogen (secondary N) is 1. The van der Waals surface area contributed by atoms with Gasteiger partial charge in [0.15, 0.2) is 0 Å². The lowest BCUT2D eigenvalue weighted by atomic mass is 10.2. The molecule has 0 spiro atoms. The van der Waals surface area contributed by atoms with Gasteiger partial charge in [0, 0.05) is 37.3 Å². The van der Waals surface area contributed by atoms with Crippen molar-refractivity contribution in [2.45, 2.75) is 31.9 Å². The van der Waals surface area contributed by atoms with Crippen molar-refractivity contribution in [3.05, 3.63) is 53.7 Å². The molecule has 2 amide bonds. The third-order valence-corrected chi connectivity index (χ3v) is 4.98. The Morgan fingerprint density at radius 1 is 1.25 bits per heavy atom. The van der Waals surface area contributed by atoms with Gasteiger partial charge < -0.3 is 19.7 Å². The van der Waals surface area contributed by atoms with E-state index in [2.05, 4.69) is 10.3 Å². The van der Waals surface area contributed by atoms with E-state index in [1.807, 2.05) is 31.2 Å². The predicted octanol–water partition coefficient (Wildman–Crippen LogP) is 2.09. The minimum Gasteiger partial charge on any atom is -0.472 e. The summed E-state index contributed by atoms with van der Waals surface area (Å²) in [4.78, 5) is 30.8. The Morgan fingerprint density at radius 2 is 2.07 bits per heavy atom. The Morgan fingerprint density at radius 3 is 2.75 bits per heavy atom. The molecule has 4 rings (SSSR count). The topological polar surface area (TPSA) is 80.8 Å². The van der Waals surface area contributed by atoms with Crippen LogP contribution in [0.4, 0.5) is 5.69 Å². The molecule has 0 aliphatic carbocycles. The van der Waals surface area contributed by atoms with Crippen LogP contribution in [0.1, 0.15) is 28.8 Å². The second-order valence-corrected chi connectivity index (χ2v) is 7.20. The van der Waals surface area contributed by atoms with Gasteiger partial charge in [0.2, 0.25) is 11.8 Å². The van der Waals surface area contributed by atoms with Crippen LogP contribution in [-0.4, -0.2) is 48.7 Å². The molecule has 2 aliphatic heterocycles. The molecule has 146 valence electrons. The zero-order valence-corrected chi connectivity index (χ0v) is 15.8. The number of aryl methyl sites for hydroxylation is 1. The SMILES string of the molecule is Cc1ccc(N2CC(NC(=O)c3ccc(OC4CCOC4)nc3)CC2=O)cc1. The van der Waals surface area contributed by atoms with Crippen LogP contribution < -0.4 is 15.0 Å². The molecule has 2 fully saturated rings. The summed E-state index contributed by atoms with van der Waals surface area (Å²) < 4.78 is 11.0. The van der Waals surface area contributed by atoms with Crippen molar-refractivity contribution in [1.82, 2.24) is 10.3 Å². The molecule has 3 heterocycles. The van der Waals surface area contributed by atoms with E-state index in [-0.39, 0.29) is 30.4 Å². The second-order valence-electron chi connectivity index (χ2n) is 7.20. The molecule has 7 heteroatoms. The maximum atomic E-state index is 12.5. The fraction of sp³-hybridized carbons (Fsp3) is 0.381. The average Bonchev–Trinajstić information content (AvgIpc) is 3.32. The molecule has 2 atom stereocenters. The number of carbonyl (C=O) groups is 2. The van der Waals surface area contributed by atoms with Crippen molar-refractivity contribution in [2.75, 3.05) is 24.7 Å². The van der Waals surface area contributed by atoms with Gasteiger partial charge >= 0.3 is 0 Å². The van der Waals surface area contributed by atoms with Gasteiger partial charge in [-0.15, -0.1) is 0 Å². The lowest BCUT2D eigenvalue weighted by molar-refractivity contribution is -0.117. The number of rotatable bonds is 5. The molecular weight excluding hydrogens is 358 g/mol. The second kappa shape index (κ2) is 7.98. The molecule has 0 bridgehead atoms. The van der Waals surface area contributed by atoms with E-state index in [0.29, 0.717) is 31.2 Å². The van der Waals surface area contributed by atoms with Gasteiger partial charge in [-0.1, -0.05) is 17.7 Å². The molecule has 2 saturated heterocycles. The minimum absolute atomic E-state index is 0.00908. The highest BCUT2D eigenvalue weighted by Crippen LogP contribution is 2.22. The van der Waals surface area contributed by atoms with Gasteiger partial charge in [0.25, 0.3) is 5.91 Å². The molecule has 2 aromatic rings. The van der Waals surface area contributed by atoms with Crippen molar-refractivity contribution in [2.24, 2.45) is 0 Å². The van der Waals surface area contributed by atoms with Crippen LogP contribution in [0.3, 0.4) is 0 Å². The first-order valence-corrected chi connectivity index (χ1v) is 9.47. The largest absolute Gasteiger partial charge is 0.472 e. The highest BCUT2D eigenvalue weighted by atomic mass is 16.5. The summed E-state index contributed by atoms with van der Waals surface area (Å²) in [6.45, 7) is 3.73. The van der Waals surface area contributed by atoms with E-state index >= 15 is 0 Å². The van der Waals surface area contributed by atoms with E-state index in [0.717, 1.165) is 17.7 Å². The zero-order valence-electron chi connectivity index (χ0n) is 15.8. The van der Waals surface area contributed by atoms with E-state index in [9.17, 15) is 9.59 Å². The van der Waals surface area contributed by atoms with Crippen LogP contribution in [0.15, 0.2) is 42.6 Å². The lowest BCUT2D eigenvalue weighted by Crippen LogP contribution is -2.37. The quantitative estimate of drug-likeness (QED) is 0.858. The zero-order chi connectivity index (χ0) is 19.5. The van der Waals surface area contributed by atoms with E-state index in [4.69, 9.17) is 9.47 Å². The number of hydrogen-bond acceptors (Lipinski definition) is 5. The first-order valence-electron chi connectivity index (χ1n) is 9.47. The molecule has 0 radical (unpaired) electrons. The molecule has 0 saturated carbocycles. The fourth-order valence-corrected chi connectivity index (χ4v) is 3.41. The van der Waals surface area contributed by atoms with E-state index in [1.54, 1.807) is 17.0 Å². The first kappa shape index (κ1) is 18.4. The van der Waals surface area contributed by atoms with Crippen LogP contribution in [0.25, 0.3) is 0 Å². The minimum atomic E-state index is -0.244. The summed E-state index contributed by atoms with van der Waals surface area (Å²) in [5.74, 6) is 0.246. The first-order chi connectivity index (χ1) is 13.6. The summed E-state index contributed by atoms with van der Waals surface area (Å²) in [5.41, 5.74) is 2.43. The van der Waals surface area contributed by atoms with Gasteiger partial charge in [-0.2, -0.15) is 0 Å². The maximum absolute atomic E-state index is 12.5. The summed E-state index contributed by atoms with van der Waals surface area (Å²) >= 11 is 0. The fourth-order valence-electron chi connectivity index (χ4n) is 3.41. The molecule has 2 unspecified atom stereocenters. The van der Waals surface area contributed by atoms with E-state index in [1.165, 1.54) is 6.20 Å². The van der Waals surface area contributed by atoms with Gasteiger partial charge in [-0.25, -0.2) is 4.98 Å². The van der Waals surface area contributed by atoms with Gasteiger partial charge in [-0.3, -0.25) is 9.59 Å². The summed E-state index contributed by atoms with van der Waals surface area (Å²) in [7, 11) is 0. The number of pyridine rings is 1. The van der Waals surface area contributed by atoms with Crippen LogP contribution in [0.5, 0.6) is 5.88 Å². The molecule has 7 nitrogen and oxygen atoms in total. The Kier molecular flexibility index (Phi) is 5.25. The molecule has 1 N–H and O–H groups in total. The average molecular weight is 381 g/mol. The Bertz CT molecular complexity index is 845. The summed E-state index contributed by atoms with van der Waals surface area (Å²) in [6, 6.07) is 10.9. The van der Waals surface area contributed by atoms with E-state index < -0.39 is 0 Å². The van der Waals surface area contributed by atoms with Crippen LogP contribution in [0.2, 0.25) is 0 Å². The van der Waals surface area contributed by atoms with Crippen molar-refractivity contribution in [3.63, 3.8) is 0 Å². The Balaban J connectivity index is 1.34. The number of ether oxygens (including phenoxy) is 2. The molecular formula is C21H23N3O4. The summed E-state index contributed by atoms with van der Waals surface area (Å²) in [5, 5.41) is 2.93.